The maximum Gasteiger partial charge on any atom is 0.387 e. The highest BCUT2D eigenvalue weighted by molar-refractivity contribution is 5.94. The third-order valence-electron chi connectivity index (χ3n) is 3.16. The van der Waals surface area contributed by atoms with Gasteiger partial charge in [0.05, 0.1) is 12.3 Å². The van der Waals surface area contributed by atoms with Crippen LogP contribution in [0.3, 0.4) is 0 Å². The normalized spacial score (nSPS) is 12.2. The SMILES string of the molecule is CC(c1ccco1)N(C)C(=O)c1cccc(OC(F)F)c1. The van der Waals surface area contributed by atoms with Crippen LogP contribution in [-0.2, 0) is 0 Å². The molecule has 0 saturated carbocycles. The minimum atomic E-state index is -2.92. The van der Waals surface area contributed by atoms with E-state index in [1.165, 1.54) is 29.4 Å². The number of carbonyl (C=O) groups is 1. The summed E-state index contributed by atoms with van der Waals surface area (Å²) >= 11 is 0. The summed E-state index contributed by atoms with van der Waals surface area (Å²) in [6, 6.07) is 8.94. The quantitative estimate of drug-likeness (QED) is 0.844. The lowest BCUT2D eigenvalue weighted by atomic mass is 10.1. The summed E-state index contributed by atoms with van der Waals surface area (Å²) in [7, 11) is 1.62. The molecule has 6 heteroatoms. The van der Waals surface area contributed by atoms with Gasteiger partial charge in [0.1, 0.15) is 11.5 Å². The van der Waals surface area contributed by atoms with Crippen molar-refractivity contribution in [2.75, 3.05) is 7.05 Å². The Labute approximate surface area is 120 Å². The molecule has 0 radical (unpaired) electrons. The van der Waals surface area contributed by atoms with Crippen molar-refractivity contribution < 1.29 is 22.7 Å². The molecule has 1 aromatic carbocycles. The Bertz CT molecular complexity index is 599. The number of amides is 1. The van der Waals surface area contributed by atoms with Crippen LogP contribution in [0.2, 0.25) is 0 Å². The number of nitrogens with zero attached hydrogens (tertiary/aromatic N) is 1. The van der Waals surface area contributed by atoms with Crippen LogP contribution in [0.15, 0.2) is 47.1 Å². The molecule has 0 bridgehead atoms. The molecule has 0 aliphatic carbocycles. The number of hydrogen-bond donors (Lipinski definition) is 0. The molecule has 4 nitrogen and oxygen atoms in total. The van der Waals surface area contributed by atoms with Gasteiger partial charge in [-0.05, 0) is 37.3 Å². The molecule has 2 rings (SSSR count). The monoisotopic (exact) mass is 295 g/mol. The lowest BCUT2D eigenvalue weighted by Gasteiger charge is -2.23. The molecule has 21 heavy (non-hydrogen) atoms. The van der Waals surface area contributed by atoms with Gasteiger partial charge in [-0.2, -0.15) is 8.78 Å². The van der Waals surface area contributed by atoms with E-state index in [1.54, 1.807) is 25.2 Å². The molecule has 1 amide bonds. The summed E-state index contributed by atoms with van der Waals surface area (Å²) in [4.78, 5) is 13.8. The fourth-order valence-corrected chi connectivity index (χ4v) is 1.90. The predicted molar refractivity (Wildman–Crippen MR) is 72.3 cm³/mol. The second-order valence-corrected chi connectivity index (χ2v) is 4.51. The highest BCUT2D eigenvalue weighted by Crippen LogP contribution is 2.23. The number of alkyl halides is 2. The van der Waals surface area contributed by atoms with E-state index in [2.05, 4.69) is 4.74 Å². The maximum atomic E-state index is 12.4. The van der Waals surface area contributed by atoms with Crippen molar-refractivity contribution in [3.8, 4) is 5.75 Å². The minimum Gasteiger partial charge on any atom is -0.467 e. The molecule has 0 saturated heterocycles. The van der Waals surface area contributed by atoms with Gasteiger partial charge in [0, 0.05) is 12.6 Å². The van der Waals surface area contributed by atoms with E-state index in [4.69, 9.17) is 4.42 Å². The Hall–Kier alpha value is -2.37. The summed E-state index contributed by atoms with van der Waals surface area (Å²) in [6.07, 6.45) is 1.53. The molecule has 0 fully saturated rings. The van der Waals surface area contributed by atoms with Gasteiger partial charge in [0.2, 0.25) is 0 Å². The van der Waals surface area contributed by atoms with Gasteiger partial charge in [0.15, 0.2) is 0 Å². The van der Waals surface area contributed by atoms with Crippen molar-refractivity contribution in [1.29, 1.82) is 0 Å². The summed E-state index contributed by atoms with van der Waals surface area (Å²) in [6.45, 7) is -1.11. The molecule has 0 N–H and O–H groups in total. The second-order valence-electron chi connectivity index (χ2n) is 4.51. The summed E-state index contributed by atoms with van der Waals surface area (Å²) in [5.41, 5.74) is 0.272. The molecule has 1 heterocycles. The zero-order valence-electron chi connectivity index (χ0n) is 11.6. The first-order chi connectivity index (χ1) is 9.99. The first kappa shape index (κ1) is 15.0. The van der Waals surface area contributed by atoms with Crippen LogP contribution in [0.25, 0.3) is 0 Å². The zero-order valence-corrected chi connectivity index (χ0v) is 11.6. The number of ether oxygens (including phenoxy) is 1. The first-order valence-corrected chi connectivity index (χ1v) is 6.34. The second kappa shape index (κ2) is 6.39. The van der Waals surface area contributed by atoms with Gasteiger partial charge < -0.3 is 14.1 Å². The third kappa shape index (κ3) is 3.59. The Morgan fingerprint density at radius 1 is 1.29 bits per heavy atom. The number of furan rings is 1. The number of hydrogen-bond acceptors (Lipinski definition) is 3. The van der Waals surface area contributed by atoms with Gasteiger partial charge in [0.25, 0.3) is 5.91 Å². The smallest absolute Gasteiger partial charge is 0.387 e. The van der Waals surface area contributed by atoms with Gasteiger partial charge in [-0.15, -0.1) is 0 Å². The third-order valence-corrected chi connectivity index (χ3v) is 3.16. The lowest BCUT2D eigenvalue weighted by Crippen LogP contribution is -2.29. The van der Waals surface area contributed by atoms with Crippen LogP contribution in [-0.4, -0.2) is 24.5 Å². The largest absolute Gasteiger partial charge is 0.467 e. The zero-order chi connectivity index (χ0) is 15.4. The van der Waals surface area contributed by atoms with Crippen LogP contribution in [0, 0.1) is 0 Å². The molecule has 1 unspecified atom stereocenters. The average molecular weight is 295 g/mol. The molecule has 0 aliphatic rings. The van der Waals surface area contributed by atoms with Crippen molar-refractivity contribution in [3.05, 3.63) is 54.0 Å². The number of carbonyl (C=O) groups excluding carboxylic acids is 1. The number of halogens is 2. The van der Waals surface area contributed by atoms with Crippen molar-refractivity contribution in [2.24, 2.45) is 0 Å². The molecule has 1 atom stereocenters. The van der Waals surface area contributed by atoms with Gasteiger partial charge in [-0.3, -0.25) is 4.79 Å². The van der Waals surface area contributed by atoms with E-state index in [1.807, 2.05) is 6.92 Å². The molecule has 0 aliphatic heterocycles. The first-order valence-electron chi connectivity index (χ1n) is 6.34. The number of benzene rings is 1. The van der Waals surface area contributed by atoms with Crippen molar-refractivity contribution in [2.45, 2.75) is 19.6 Å². The van der Waals surface area contributed by atoms with Gasteiger partial charge in [-0.25, -0.2) is 0 Å². The molecule has 0 spiro atoms. The standard InChI is InChI=1S/C15H15F2NO3/c1-10(13-7-4-8-20-13)18(2)14(19)11-5-3-6-12(9-11)21-15(16)17/h3-10,15H,1-2H3. The molecular weight excluding hydrogens is 280 g/mol. The Balaban J connectivity index is 2.15. The minimum absolute atomic E-state index is 0.0464. The summed E-state index contributed by atoms with van der Waals surface area (Å²) in [5, 5.41) is 0. The Kier molecular flexibility index (Phi) is 4.57. The molecule has 2 aromatic rings. The lowest BCUT2D eigenvalue weighted by molar-refractivity contribution is -0.0499. The molecule has 1 aromatic heterocycles. The Morgan fingerprint density at radius 3 is 2.67 bits per heavy atom. The van der Waals surface area contributed by atoms with Crippen LogP contribution in [0.5, 0.6) is 5.75 Å². The van der Waals surface area contributed by atoms with Crippen molar-refractivity contribution >= 4 is 5.91 Å². The van der Waals surface area contributed by atoms with Crippen LogP contribution in [0.1, 0.15) is 29.1 Å². The van der Waals surface area contributed by atoms with Crippen molar-refractivity contribution in [3.63, 3.8) is 0 Å². The number of rotatable bonds is 5. The molecule has 112 valence electrons. The van der Waals surface area contributed by atoms with E-state index in [0.29, 0.717) is 5.76 Å². The summed E-state index contributed by atoms with van der Waals surface area (Å²) < 4.78 is 33.9. The van der Waals surface area contributed by atoms with Gasteiger partial charge in [-0.1, -0.05) is 6.07 Å². The highest BCUT2D eigenvalue weighted by atomic mass is 19.3. The topological polar surface area (TPSA) is 42.7 Å². The van der Waals surface area contributed by atoms with E-state index >= 15 is 0 Å². The fraction of sp³-hybridized carbons (Fsp3) is 0.267. The van der Waals surface area contributed by atoms with Gasteiger partial charge >= 0.3 is 6.61 Å². The van der Waals surface area contributed by atoms with Crippen LogP contribution < -0.4 is 4.74 Å². The van der Waals surface area contributed by atoms with E-state index in [-0.39, 0.29) is 23.3 Å². The van der Waals surface area contributed by atoms with E-state index in [0.717, 1.165) is 0 Å². The molecular formula is C15H15F2NO3. The van der Waals surface area contributed by atoms with Crippen molar-refractivity contribution in [1.82, 2.24) is 4.90 Å². The predicted octanol–water partition coefficient (Wildman–Crippen LogP) is 3.71. The highest BCUT2D eigenvalue weighted by Gasteiger charge is 2.21. The Morgan fingerprint density at radius 2 is 2.05 bits per heavy atom. The van der Waals surface area contributed by atoms with Crippen LogP contribution in [0.4, 0.5) is 8.78 Å². The van der Waals surface area contributed by atoms with Crippen LogP contribution >= 0.6 is 0 Å². The van der Waals surface area contributed by atoms with E-state index < -0.39 is 6.61 Å². The van der Waals surface area contributed by atoms with E-state index in [9.17, 15) is 13.6 Å². The maximum absolute atomic E-state index is 12.4. The summed E-state index contributed by atoms with van der Waals surface area (Å²) in [5.74, 6) is 0.291. The fourth-order valence-electron chi connectivity index (χ4n) is 1.90. The average Bonchev–Trinajstić information content (AvgIpc) is 2.98.